The Morgan fingerprint density at radius 2 is 2.06 bits per heavy atom. The molecule has 4 nitrogen and oxygen atoms in total. The number of piperidine rings is 1. The van der Waals surface area contributed by atoms with Crippen LogP contribution in [0.15, 0.2) is 30.6 Å². The minimum absolute atomic E-state index is 0.286. The Bertz CT molecular complexity index is 486. The molecule has 0 radical (unpaired) electrons. The van der Waals surface area contributed by atoms with Crippen LogP contribution in [0.5, 0.6) is 0 Å². The van der Waals surface area contributed by atoms with Gasteiger partial charge in [0.25, 0.3) is 0 Å². The second kappa shape index (κ2) is 4.76. The highest BCUT2D eigenvalue weighted by molar-refractivity contribution is 5.38. The fraction of sp³-hybridized carbons (Fsp3) is 0.385. The van der Waals surface area contributed by atoms with Gasteiger partial charge in [-0.25, -0.2) is 9.37 Å². The molecule has 0 unspecified atom stereocenters. The van der Waals surface area contributed by atoms with Gasteiger partial charge in [0, 0.05) is 30.9 Å². The molecule has 1 saturated heterocycles. The number of aromatic amines is 1. The maximum absolute atomic E-state index is 12.8. The standard InChI is InChI=1S/C13H15FN4/c14-11-1-2-13(15-9-11)18-7-4-10(5-8-18)12-3-6-16-17-12/h1-3,6,9-10H,4-5,7-8H2,(H,16,17). The van der Waals surface area contributed by atoms with E-state index in [1.54, 1.807) is 12.3 Å². The van der Waals surface area contributed by atoms with Crippen LogP contribution in [0.4, 0.5) is 10.2 Å². The predicted octanol–water partition coefficient (Wildman–Crippen LogP) is 2.33. The number of aromatic nitrogens is 3. The maximum Gasteiger partial charge on any atom is 0.141 e. The molecule has 1 aliphatic heterocycles. The molecule has 3 heterocycles. The van der Waals surface area contributed by atoms with Crippen LogP contribution in [0.2, 0.25) is 0 Å². The second-order valence-electron chi connectivity index (χ2n) is 4.61. The summed E-state index contributed by atoms with van der Waals surface area (Å²) in [5.41, 5.74) is 1.21. The number of nitrogens with one attached hydrogen (secondary N) is 1. The highest BCUT2D eigenvalue weighted by atomic mass is 19.1. The molecular weight excluding hydrogens is 231 g/mol. The molecule has 0 saturated carbocycles. The van der Waals surface area contributed by atoms with E-state index in [4.69, 9.17) is 0 Å². The summed E-state index contributed by atoms with van der Waals surface area (Å²) in [7, 11) is 0. The van der Waals surface area contributed by atoms with Gasteiger partial charge in [-0.15, -0.1) is 0 Å². The summed E-state index contributed by atoms with van der Waals surface area (Å²) in [5, 5.41) is 7.03. The minimum atomic E-state index is -0.286. The first-order valence-electron chi connectivity index (χ1n) is 6.19. The summed E-state index contributed by atoms with van der Waals surface area (Å²) in [6.07, 6.45) is 5.21. The number of pyridine rings is 1. The highest BCUT2D eigenvalue weighted by Crippen LogP contribution is 2.28. The van der Waals surface area contributed by atoms with E-state index in [1.165, 1.54) is 18.0 Å². The molecule has 3 rings (SSSR count). The summed E-state index contributed by atoms with van der Waals surface area (Å²) in [4.78, 5) is 6.32. The molecule has 0 amide bonds. The van der Waals surface area contributed by atoms with Crippen molar-refractivity contribution in [2.24, 2.45) is 0 Å². The SMILES string of the molecule is Fc1ccc(N2CCC(c3ccn[nH]3)CC2)nc1. The fourth-order valence-corrected chi connectivity index (χ4v) is 2.47. The Labute approximate surface area is 105 Å². The molecule has 5 heteroatoms. The number of H-pyrrole nitrogens is 1. The van der Waals surface area contributed by atoms with Gasteiger partial charge in [0.15, 0.2) is 0 Å². The highest BCUT2D eigenvalue weighted by Gasteiger charge is 2.22. The van der Waals surface area contributed by atoms with Crippen LogP contribution in [0, 0.1) is 5.82 Å². The Hall–Kier alpha value is -1.91. The smallest absolute Gasteiger partial charge is 0.141 e. The zero-order valence-electron chi connectivity index (χ0n) is 10.0. The first kappa shape index (κ1) is 11.2. The third-order valence-corrected chi connectivity index (χ3v) is 3.49. The minimum Gasteiger partial charge on any atom is -0.357 e. The summed E-state index contributed by atoms with van der Waals surface area (Å²) in [5.74, 6) is 1.12. The van der Waals surface area contributed by atoms with Gasteiger partial charge in [-0.3, -0.25) is 5.10 Å². The number of rotatable bonds is 2. The molecule has 1 fully saturated rings. The monoisotopic (exact) mass is 246 g/mol. The molecule has 2 aromatic rings. The zero-order chi connectivity index (χ0) is 12.4. The van der Waals surface area contributed by atoms with E-state index in [1.807, 2.05) is 6.07 Å². The normalized spacial score (nSPS) is 17.1. The second-order valence-corrected chi connectivity index (χ2v) is 4.61. The van der Waals surface area contributed by atoms with Crippen molar-refractivity contribution in [3.8, 4) is 0 Å². The Kier molecular flexibility index (Phi) is 2.96. The van der Waals surface area contributed by atoms with Crippen molar-refractivity contribution in [1.29, 1.82) is 0 Å². The average Bonchev–Trinajstić information content (AvgIpc) is 2.94. The molecule has 2 aromatic heterocycles. The molecule has 0 aliphatic carbocycles. The molecule has 18 heavy (non-hydrogen) atoms. The Morgan fingerprint density at radius 3 is 2.67 bits per heavy atom. The topological polar surface area (TPSA) is 44.8 Å². The lowest BCUT2D eigenvalue weighted by molar-refractivity contribution is 0.492. The van der Waals surface area contributed by atoms with Gasteiger partial charge in [0.2, 0.25) is 0 Å². The molecule has 0 spiro atoms. The number of anilines is 1. The van der Waals surface area contributed by atoms with Gasteiger partial charge in [0.1, 0.15) is 11.6 Å². The van der Waals surface area contributed by atoms with Gasteiger partial charge in [-0.05, 0) is 31.0 Å². The van der Waals surface area contributed by atoms with E-state index < -0.39 is 0 Å². The zero-order valence-corrected chi connectivity index (χ0v) is 10.0. The van der Waals surface area contributed by atoms with Crippen LogP contribution in [0.1, 0.15) is 24.5 Å². The van der Waals surface area contributed by atoms with Gasteiger partial charge in [-0.1, -0.05) is 0 Å². The molecule has 0 bridgehead atoms. The van der Waals surface area contributed by atoms with Crippen LogP contribution < -0.4 is 4.90 Å². The van der Waals surface area contributed by atoms with Gasteiger partial charge < -0.3 is 4.90 Å². The van der Waals surface area contributed by atoms with Crippen molar-refractivity contribution < 1.29 is 4.39 Å². The van der Waals surface area contributed by atoms with Gasteiger partial charge in [-0.2, -0.15) is 5.10 Å². The van der Waals surface area contributed by atoms with Gasteiger partial charge in [0.05, 0.1) is 6.20 Å². The third kappa shape index (κ3) is 2.20. The molecule has 1 aliphatic rings. The van der Waals surface area contributed by atoms with Crippen molar-refractivity contribution in [3.05, 3.63) is 42.1 Å². The first-order valence-corrected chi connectivity index (χ1v) is 6.19. The summed E-state index contributed by atoms with van der Waals surface area (Å²) in [6, 6.07) is 5.24. The van der Waals surface area contributed by atoms with Crippen molar-refractivity contribution in [2.45, 2.75) is 18.8 Å². The molecule has 0 atom stereocenters. The predicted molar refractivity (Wildman–Crippen MR) is 67.0 cm³/mol. The van der Waals surface area contributed by atoms with Crippen LogP contribution >= 0.6 is 0 Å². The van der Waals surface area contributed by atoms with Crippen molar-refractivity contribution >= 4 is 5.82 Å². The van der Waals surface area contributed by atoms with Crippen molar-refractivity contribution in [3.63, 3.8) is 0 Å². The maximum atomic E-state index is 12.8. The lowest BCUT2D eigenvalue weighted by Gasteiger charge is -2.32. The largest absolute Gasteiger partial charge is 0.357 e. The molecule has 94 valence electrons. The van der Waals surface area contributed by atoms with E-state index in [9.17, 15) is 4.39 Å². The summed E-state index contributed by atoms with van der Waals surface area (Å²) in [6.45, 7) is 1.89. The van der Waals surface area contributed by atoms with E-state index >= 15 is 0 Å². The van der Waals surface area contributed by atoms with Crippen LogP contribution in [0.25, 0.3) is 0 Å². The number of nitrogens with zero attached hydrogens (tertiary/aromatic N) is 3. The van der Waals surface area contributed by atoms with Crippen LogP contribution in [-0.2, 0) is 0 Å². The fourth-order valence-electron chi connectivity index (χ4n) is 2.47. The first-order chi connectivity index (χ1) is 8.83. The van der Waals surface area contributed by atoms with E-state index in [-0.39, 0.29) is 5.82 Å². The van der Waals surface area contributed by atoms with Gasteiger partial charge >= 0.3 is 0 Å². The summed E-state index contributed by atoms with van der Waals surface area (Å²) < 4.78 is 12.8. The number of hydrogen-bond donors (Lipinski definition) is 1. The van der Waals surface area contributed by atoms with Crippen molar-refractivity contribution in [2.75, 3.05) is 18.0 Å². The molecular formula is C13H15FN4. The quantitative estimate of drug-likeness (QED) is 0.884. The Balaban J connectivity index is 1.65. The van der Waals surface area contributed by atoms with Crippen molar-refractivity contribution in [1.82, 2.24) is 15.2 Å². The van der Waals surface area contributed by atoms with E-state index in [0.717, 1.165) is 31.7 Å². The third-order valence-electron chi connectivity index (χ3n) is 3.49. The average molecular weight is 246 g/mol. The van der Waals surface area contributed by atoms with Crippen LogP contribution in [0.3, 0.4) is 0 Å². The molecule has 1 N–H and O–H groups in total. The summed E-state index contributed by atoms with van der Waals surface area (Å²) >= 11 is 0. The lowest BCUT2D eigenvalue weighted by Crippen LogP contribution is -2.33. The van der Waals surface area contributed by atoms with E-state index in [2.05, 4.69) is 20.1 Å². The number of hydrogen-bond acceptors (Lipinski definition) is 3. The Morgan fingerprint density at radius 1 is 1.22 bits per heavy atom. The molecule has 0 aromatic carbocycles. The van der Waals surface area contributed by atoms with Crippen LogP contribution in [-0.4, -0.2) is 28.3 Å². The van der Waals surface area contributed by atoms with E-state index in [0.29, 0.717) is 5.92 Å². The lowest BCUT2D eigenvalue weighted by atomic mass is 9.94. The number of halogens is 1.